The molecule has 0 N–H and O–H groups in total. The lowest BCUT2D eigenvalue weighted by Gasteiger charge is -2.32. The number of esters is 1. The molecule has 2 aromatic rings. The van der Waals surface area contributed by atoms with Crippen LogP contribution >= 0.6 is 0 Å². The Morgan fingerprint density at radius 2 is 1.92 bits per heavy atom. The van der Waals surface area contributed by atoms with E-state index in [1.807, 2.05) is 52.1 Å². The molecule has 1 aromatic heterocycles. The Bertz CT molecular complexity index is 769. The highest BCUT2D eigenvalue weighted by Gasteiger charge is 2.52. The molecule has 7 heteroatoms. The van der Waals surface area contributed by atoms with Crippen LogP contribution in [0.1, 0.15) is 43.6 Å². The Morgan fingerprint density at radius 3 is 2.56 bits per heavy atom. The molecule has 0 unspecified atom stereocenters. The Labute approximate surface area is 148 Å². The van der Waals surface area contributed by atoms with Gasteiger partial charge in [0.05, 0.1) is 30.4 Å². The average molecular weight is 342 g/mol. The average Bonchev–Trinajstić information content (AvgIpc) is 3.09. The topological polar surface area (TPSA) is 62.6 Å². The van der Waals surface area contributed by atoms with Gasteiger partial charge in [0.2, 0.25) is 0 Å². The third kappa shape index (κ3) is 3.48. The van der Waals surface area contributed by atoms with Gasteiger partial charge in [-0.2, -0.15) is 5.10 Å². The van der Waals surface area contributed by atoms with Crippen molar-refractivity contribution in [3.05, 3.63) is 47.8 Å². The van der Waals surface area contributed by atoms with Gasteiger partial charge < -0.3 is 14.0 Å². The minimum absolute atomic E-state index is 0.347. The minimum atomic E-state index is -0.430. The first-order valence-electron chi connectivity index (χ1n) is 8.27. The summed E-state index contributed by atoms with van der Waals surface area (Å²) in [7, 11) is 0.944. The van der Waals surface area contributed by atoms with Gasteiger partial charge in [-0.25, -0.2) is 4.79 Å². The van der Waals surface area contributed by atoms with E-state index in [0.717, 1.165) is 11.0 Å². The van der Waals surface area contributed by atoms with Gasteiger partial charge in [-0.3, -0.25) is 4.68 Å². The molecule has 3 rings (SSSR count). The summed E-state index contributed by atoms with van der Waals surface area (Å²) < 4.78 is 18.6. The Morgan fingerprint density at radius 1 is 1.24 bits per heavy atom. The van der Waals surface area contributed by atoms with Crippen molar-refractivity contribution in [3.63, 3.8) is 0 Å². The molecule has 25 heavy (non-hydrogen) atoms. The number of carbonyl (C=O) groups excluding carboxylic acids is 1. The van der Waals surface area contributed by atoms with E-state index in [-0.39, 0.29) is 17.2 Å². The monoisotopic (exact) mass is 342 g/mol. The van der Waals surface area contributed by atoms with Crippen LogP contribution in [0.4, 0.5) is 0 Å². The summed E-state index contributed by atoms with van der Waals surface area (Å²) in [6.07, 6.45) is 3.67. The lowest BCUT2D eigenvalue weighted by Crippen LogP contribution is -2.41. The standard InChI is InChI=1S/C18H23BN2O4/c1-17(2)18(3,4)25-19(24-17)15-10-20-21(12-15)11-13-7-6-8-14(9-13)16(22)23-5/h6-10,12H,11H2,1-5H3. The van der Waals surface area contributed by atoms with E-state index in [9.17, 15) is 4.79 Å². The third-order valence-corrected chi connectivity index (χ3v) is 4.87. The highest BCUT2D eigenvalue weighted by atomic mass is 16.7. The molecule has 1 aliphatic rings. The molecular weight excluding hydrogens is 319 g/mol. The molecule has 0 amide bonds. The summed E-state index contributed by atoms with van der Waals surface area (Å²) in [6.45, 7) is 8.64. The van der Waals surface area contributed by atoms with Crippen LogP contribution in [0, 0.1) is 0 Å². The second-order valence-corrected chi connectivity index (χ2v) is 7.25. The quantitative estimate of drug-likeness (QED) is 0.628. The predicted molar refractivity (Wildman–Crippen MR) is 94.8 cm³/mol. The van der Waals surface area contributed by atoms with Crippen molar-refractivity contribution in [2.75, 3.05) is 7.11 Å². The molecule has 0 spiro atoms. The summed E-state index contributed by atoms with van der Waals surface area (Å²) in [5.41, 5.74) is 1.61. The van der Waals surface area contributed by atoms with E-state index in [1.165, 1.54) is 7.11 Å². The molecule has 0 aliphatic carbocycles. The summed E-state index contributed by atoms with van der Waals surface area (Å²) in [6, 6.07) is 7.32. The van der Waals surface area contributed by atoms with Crippen LogP contribution in [0.25, 0.3) is 0 Å². The van der Waals surface area contributed by atoms with Crippen molar-refractivity contribution in [3.8, 4) is 0 Å². The van der Waals surface area contributed by atoms with E-state index in [0.29, 0.717) is 12.1 Å². The van der Waals surface area contributed by atoms with Gasteiger partial charge in [0.25, 0.3) is 0 Å². The number of nitrogens with zero attached hydrogens (tertiary/aromatic N) is 2. The van der Waals surface area contributed by atoms with Crippen LogP contribution in [-0.2, 0) is 20.6 Å². The zero-order valence-corrected chi connectivity index (χ0v) is 15.3. The summed E-state index contributed by atoms with van der Waals surface area (Å²) in [4.78, 5) is 11.6. The Kier molecular flexibility index (Phi) is 4.47. The first-order chi connectivity index (χ1) is 11.7. The van der Waals surface area contributed by atoms with Crippen molar-refractivity contribution < 1.29 is 18.8 Å². The Hall–Kier alpha value is -2.12. The zero-order valence-electron chi connectivity index (χ0n) is 15.3. The molecule has 0 radical (unpaired) electrons. The minimum Gasteiger partial charge on any atom is -0.465 e. The molecular formula is C18H23BN2O4. The van der Waals surface area contributed by atoms with Gasteiger partial charge in [0, 0.05) is 17.9 Å². The van der Waals surface area contributed by atoms with E-state index in [1.54, 1.807) is 16.9 Å². The number of methoxy groups -OCH3 is 1. The lowest BCUT2D eigenvalue weighted by molar-refractivity contribution is 0.00578. The normalized spacial score (nSPS) is 18.4. The fourth-order valence-electron chi connectivity index (χ4n) is 2.67. The van der Waals surface area contributed by atoms with Crippen LogP contribution in [0.5, 0.6) is 0 Å². The van der Waals surface area contributed by atoms with Crippen LogP contribution in [0.15, 0.2) is 36.7 Å². The maximum Gasteiger partial charge on any atom is 0.498 e. The molecule has 0 bridgehead atoms. The lowest BCUT2D eigenvalue weighted by atomic mass is 9.82. The van der Waals surface area contributed by atoms with Crippen molar-refractivity contribution >= 4 is 18.6 Å². The van der Waals surface area contributed by atoms with Crippen molar-refractivity contribution in [2.24, 2.45) is 0 Å². The summed E-state index contributed by atoms with van der Waals surface area (Å²) >= 11 is 0. The molecule has 0 saturated carbocycles. The van der Waals surface area contributed by atoms with E-state index in [4.69, 9.17) is 14.0 Å². The fourth-order valence-corrected chi connectivity index (χ4v) is 2.67. The molecule has 1 saturated heterocycles. The summed E-state index contributed by atoms with van der Waals surface area (Å²) in [5, 5.41) is 4.39. The number of aromatic nitrogens is 2. The van der Waals surface area contributed by atoms with Crippen LogP contribution in [0.2, 0.25) is 0 Å². The van der Waals surface area contributed by atoms with E-state index < -0.39 is 7.12 Å². The number of hydrogen-bond acceptors (Lipinski definition) is 5. The maximum absolute atomic E-state index is 11.6. The molecule has 1 aromatic carbocycles. The van der Waals surface area contributed by atoms with Crippen LogP contribution in [0.3, 0.4) is 0 Å². The van der Waals surface area contributed by atoms with Crippen molar-refractivity contribution in [2.45, 2.75) is 45.4 Å². The maximum atomic E-state index is 11.6. The van der Waals surface area contributed by atoms with Gasteiger partial charge >= 0.3 is 13.1 Å². The van der Waals surface area contributed by atoms with Gasteiger partial charge in [0.15, 0.2) is 0 Å². The van der Waals surface area contributed by atoms with Crippen molar-refractivity contribution in [1.82, 2.24) is 9.78 Å². The second-order valence-electron chi connectivity index (χ2n) is 7.25. The number of rotatable bonds is 4. The SMILES string of the molecule is COC(=O)c1cccc(Cn2cc(B3OC(C)(C)C(C)(C)O3)cn2)c1. The van der Waals surface area contributed by atoms with Crippen LogP contribution < -0.4 is 5.46 Å². The highest BCUT2D eigenvalue weighted by Crippen LogP contribution is 2.36. The highest BCUT2D eigenvalue weighted by molar-refractivity contribution is 6.62. The number of hydrogen-bond donors (Lipinski definition) is 0. The van der Waals surface area contributed by atoms with E-state index in [2.05, 4.69) is 5.10 Å². The number of benzene rings is 1. The molecule has 2 heterocycles. The predicted octanol–water partition coefficient (Wildman–Crippen LogP) is 2.02. The molecule has 1 fully saturated rings. The van der Waals surface area contributed by atoms with Gasteiger partial charge in [-0.1, -0.05) is 12.1 Å². The van der Waals surface area contributed by atoms with E-state index >= 15 is 0 Å². The van der Waals surface area contributed by atoms with Gasteiger partial charge in [-0.15, -0.1) is 0 Å². The third-order valence-electron chi connectivity index (χ3n) is 4.87. The smallest absolute Gasteiger partial charge is 0.465 e. The van der Waals surface area contributed by atoms with Crippen LogP contribution in [-0.4, -0.2) is 41.2 Å². The number of carbonyl (C=O) groups is 1. The van der Waals surface area contributed by atoms with Crippen molar-refractivity contribution in [1.29, 1.82) is 0 Å². The molecule has 6 nitrogen and oxygen atoms in total. The number of ether oxygens (including phenoxy) is 1. The zero-order chi connectivity index (χ0) is 18.2. The largest absolute Gasteiger partial charge is 0.498 e. The first-order valence-corrected chi connectivity index (χ1v) is 8.27. The molecule has 1 aliphatic heterocycles. The second kappa shape index (κ2) is 6.31. The fraction of sp³-hybridized carbons (Fsp3) is 0.444. The van der Waals surface area contributed by atoms with Gasteiger partial charge in [-0.05, 0) is 45.4 Å². The van der Waals surface area contributed by atoms with Gasteiger partial charge in [0.1, 0.15) is 0 Å². The Balaban J connectivity index is 1.74. The summed E-state index contributed by atoms with van der Waals surface area (Å²) in [5.74, 6) is -0.347. The molecule has 132 valence electrons. The first kappa shape index (κ1) is 17.7. The molecule has 0 atom stereocenters.